The van der Waals surface area contributed by atoms with Crippen LogP contribution in [-0.4, -0.2) is 18.2 Å². The largest absolute Gasteiger partial charge is 0.508 e. The van der Waals surface area contributed by atoms with Crippen LogP contribution in [0.2, 0.25) is 0 Å². The van der Waals surface area contributed by atoms with E-state index in [0.29, 0.717) is 11.2 Å². The maximum atomic E-state index is 9.72. The molecule has 2 aliphatic rings. The zero-order valence-corrected chi connectivity index (χ0v) is 10.3. The third-order valence-electron chi connectivity index (χ3n) is 4.76. The molecule has 1 saturated carbocycles. The van der Waals surface area contributed by atoms with Gasteiger partial charge in [0.15, 0.2) is 0 Å². The van der Waals surface area contributed by atoms with Gasteiger partial charge < -0.3 is 10.4 Å². The van der Waals surface area contributed by atoms with E-state index < -0.39 is 0 Å². The normalized spacial score (nSPS) is 27.4. The zero-order valence-electron chi connectivity index (χ0n) is 10.3. The molecule has 0 amide bonds. The van der Waals surface area contributed by atoms with Gasteiger partial charge in [0.2, 0.25) is 0 Å². The van der Waals surface area contributed by atoms with Crippen LogP contribution in [-0.2, 0) is 5.41 Å². The first-order valence-corrected chi connectivity index (χ1v) is 6.81. The van der Waals surface area contributed by atoms with Gasteiger partial charge in [0.1, 0.15) is 5.75 Å². The number of hydrogen-bond acceptors (Lipinski definition) is 2. The number of rotatable bonds is 2. The minimum atomic E-state index is 0.336. The van der Waals surface area contributed by atoms with E-state index in [1.54, 1.807) is 6.07 Å². The molecule has 1 unspecified atom stereocenters. The Labute approximate surface area is 103 Å². The average molecular weight is 231 g/mol. The Morgan fingerprint density at radius 1 is 1.24 bits per heavy atom. The van der Waals surface area contributed by atoms with E-state index in [1.807, 2.05) is 12.1 Å². The molecule has 2 fully saturated rings. The molecule has 2 nitrogen and oxygen atoms in total. The van der Waals surface area contributed by atoms with Crippen molar-refractivity contribution in [3.63, 3.8) is 0 Å². The molecule has 0 radical (unpaired) electrons. The second-order valence-electron chi connectivity index (χ2n) is 5.60. The lowest BCUT2D eigenvalue weighted by atomic mass is 9.68. The summed E-state index contributed by atoms with van der Waals surface area (Å²) in [6.45, 7) is 2.31. The molecule has 92 valence electrons. The fraction of sp³-hybridized carbons (Fsp3) is 0.600. The first kappa shape index (κ1) is 11.1. The van der Waals surface area contributed by atoms with Crippen LogP contribution in [0.25, 0.3) is 0 Å². The van der Waals surface area contributed by atoms with Crippen molar-refractivity contribution < 1.29 is 5.11 Å². The van der Waals surface area contributed by atoms with E-state index in [4.69, 9.17) is 0 Å². The van der Waals surface area contributed by atoms with Crippen molar-refractivity contribution in [1.82, 2.24) is 5.32 Å². The lowest BCUT2D eigenvalue weighted by Crippen LogP contribution is -2.33. The minimum Gasteiger partial charge on any atom is -0.508 e. The summed E-state index contributed by atoms with van der Waals surface area (Å²) in [5.74, 6) is 1.17. The summed E-state index contributed by atoms with van der Waals surface area (Å²) in [4.78, 5) is 0. The Balaban J connectivity index is 1.98. The maximum absolute atomic E-state index is 9.72. The summed E-state index contributed by atoms with van der Waals surface area (Å²) in [6.07, 6.45) is 6.56. The summed E-state index contributed by atoms with van der Waals surface area (Å²) in [7, 11) is 0. The molecule has 1 aromatic carbocycles. The number of benzene rings is 1. The smallest absolute Gasteiger partial charge is 0.115 e. The Bertz CT molecular complexity index is 390. The Morgan fingerprint density at radius 3 is 2.71 bits per heavy atom. The van der Waals surface area contributed by atoms with E-state index >= 15 is 0 Å². The lowest BCUT2D eigenvalue weighted by Gasteiger charge is -2.36. The van der Waals surface area contributed by atoms with Crippen molar-refractivity contribution in [2.24, 2.45) is 5.92 Å². The summed E-state index contributed by atoms with van der Waals surface area (Å²) >= 11 is 0. The van der Waals surface area contributed by atoms with Gasteiger partial charge in [-0.15, -0.1) is 0 Å². The van der Waals surface area contributed by atoms with Crippen LogP contribution in [0.4, 0.5) is 0 Å². The molecule has 2 heteroatoms. The van der Waals surface area contributed by atoms with Gasteiger partial charge in [-0.2, -0.15) is 0 Å². The summed E-state index contributed by atoms with van der Waals surface area (Å²) < 4.78 is 0. The fourth-order valence-electron chi connectivity index (χ4n) is 3.88. The van der Waals surface area contributed by atoms with Crippen molar-refractivity contribution in [3.05, 3.63) is 29.8 Å². The topological polar surface area (TPSA) is 32.3 Å². The van der Waals surface area contributed by atoms with Crippen molar-refractivity contribution in [3.8, 4) is 5.75 Å². The van der Waals surface area contributed by atoms with Crippen LogP contribution < -0.4 is 5.32 Å². The highest BCUT2D eigenvalue weighted by molar-refractivity contribution is 5.35. The molecule has 1 aromatic rings. The number of nitrogens with one attached hydrogen (secondary N) is 1. The Kier molecular flexibility index (Phi) is 2.83. The van der Waals surface area contributed by atoms with Crippen molar-refractivity contribution in [2.75, 3.05) is 13.1 Å². The first-order chi connectivity index (χ1) is 8.31. The second kappa shape index (κ2) is 4.34. The number of phenolic OH excluding ortho intramolecular Hbond substituents is 1. The third-order valence-corrected chi connectivity index (χ3v) is 4.76. The maximum Gasteiger partial charge on any atom is 0.115 e. The number of aromatic hydroxyl groups is 1. The van der Waals surface area contributed by atoms with Crippen LogP contribution in [0.5, 0.6) is 5.75 Å². The second-order valence-corrected chi connectivity index (χ2v) is 5.60. The predicted molar refractivity (Wildman–Crippen MR) is 69.2 cm³/mol. The third kappa shape index (κ3) is 1.85. The summed E-state index contributed by atoms with van der Waals surface area (Å²) in [5, 5.41) is 13.2. The van der Waals surface area contributed by atoms with Crippen LogP contribution >= 0.6 is 0 Å². The van der Waals surface area contributed by atoms with E-state index in [9.17, 15) is 5.11 Å². The quantitative estimate of drug-likeness (QED) is 0.820. The van der Waals surface area contributed by atoms with Gasteiger partial charge in [0.05, 0.1) is 0 Å². The molecule has 0 bridgehead atoms. The Morgan fingerprint density at radius 2 is 2.06 bits per heavy atom. The molecule has 1 heterocycles. The molecule has 1 atom stereocenters. The molecule has 3 rings (SSSR count). The van der Waals surface area contributed by atoms with Crippen LogP contribution in [0.15, 0.2) is 24.3 Å². The monoisotopic (exact) mass is 231 g/mol. The van der Waals surface area contributed by atoms with Gasteiger partial charge >= 0.3 is 0 Å². The highest BCUT2D eigenvalue weighted by Crippen LogP contribution is 2.49. The lowest BCUT2D eigenvalue weighted by molar-refractivity contribution is 0.290. The number of hydrogen-bond donors (Lipinski definition) is 2. The highest BCUT2D eigenvalue weighted by atomic mass is 16.3. The first-order valence-electron chi connectivity index (χ1n) is 6.81. The predicted octanol–water partition coefficient (Wildman–Crippen LogP) is 2.81. The molecular formula is C15H21NO. The van der Waals surface area contributed by atoms with E-state index in [0.717, 1.165) is 19.0 Å². The number of phenols is 1. The van der Waals surface area contributed by atoms with Gasteiger partial charge in [-0.1, -0.05) is 25.0 Å². The molecule has 1 aliphatic heterocycles. The van der Waals surface area contributed by atoms with Crippen molar-refractivity contribution in [2.45, 2.75) is 37.5 Å². The Hall–Kier alpha value is -1.02. The van der Waals surface area contributed by atoms with E-state index in [1.165, 1.54) is 37.7 Å². The van der Waals surface area contributed by atoms with Crippen LogP contribution in [0.1, 0.15) is 37.7 Å². The standard InChI is InChI=1S/C15H21NO/c17-14-5-3-4-12(10-14)15(7-1-2-8-15)13-6-9-16-11-13/h3-5,10,13,16-17H,1-2,6-9,11H2. The molecule has 17 heavy (non-hydrogen) atoms. The van der Waals surface area contributed by atoms with Gasteiger partial charge in [-0.05, 0) is 61.4 Å². The fourth-order valence-corrected chi connectivity index (χ4v) is 3.88. The van der Waals surface area contributed by atoms with E-state index in [2.05, 4.69) is 11.4 Å². The van der Waals surface area contributed by atoms with Gasteiger partial charge in [0, 0.05) is 0 Å². The molecule has 0 aromatic heterocycles. The van der Waals surface area contributed by atoms with Gasteiger partial charge in [-0.25, -0.2) is 0 Å². The van der Waals surface area contributed by atoms with Crippen LogP contribution in [0, 0.1) is 5.92 Å². The van der Waals surface area contributed by atoms with Crippen molar-refractivity contribution in [1.29, 1.82) is 0 Å². The summed E-state index contributed by atoms with van der Waals surface area (Å²) in [6, 6.07) is 7.97. The average Bonchev–Trinajstić information content (AvgIpc) is 3.01. The van der Waals surface area contributed by atoms with Crippen LogP contribution in [0.3, 0.4) is 0 Å². The zero-order chi connectivity index (χ0) is 11.7. The molecule has 0 spiro atoms. The SMILES string of the molecule is Oc1cccc(C2(C3CCNC3)CCCC2)c1. The van der Waals surface area contributed by atoms with E-state index in [-0.39, 0.29) is 0 Å². The molecule has 1 aliphatic carbocycles. The van der Waals surface area contributed by atoms with Gasteiger partial charge in [-0.3, -0.25) is 0 Å². The highest BCUT2D eigenvalue weighted by Gasteiger charge is 2.43. The van der Waals surface area contributed by atoms with Crippen molar-refractivity contribution >= 4 is 0 Å². The molecule has 2 N–H and O–H groups in total. The molecule has 1 saturated heterocycles. The minimum absolute atomic E-state index is 0.336. The van der Waals surface area contributed by atoms with Gasteiger partial charge in [0.25, 0.3) is 0 Å². The summed E-state index contributed by atoms with van der Waals surface area (Å²) in [5.41, 5.74) is 1.70. The molecular weight excluding hydrogens is 210 g/mol.